The van der Waals surface area contributed by atoms with Crippen LogP contribution in [0, 0.1) is 0 Å². The molecule has 3 heteroatoms. The normalized spacial score (nSPS) is 16.5. The summed E-state index contributed by atoms with van der Waals surface area (Å²) in [6, 6.07) is 1.95. The number of nitrogens with zero attached hydrogens (tertiary/aromatic N) is 1. The SMILES string of the molecule is O=C(Cc1cc[nH]c1)N1CCCC1. The predicted molar refractivity (Wildman–Crippen MR) is 50.3 cm³/mol. The van der Waals surface area contributed by atoms with Gasteiger partial charge in [0.2, 0.25) is 5.91 Å². The molecule has 1 aromatic rings. The average Bonchev–Trinajstić information content (AvgIpc) is 2.74. The first kappa shape index (κ1) is 8.35. The quantitative estimate of drug-likeness (QED) is 0.725. The molecule has 0 atom stereocenters. The van der Waals surface area contributed by atoms with E-state index < -0.39 is 0 Å². The minimum Gasteiger partial charge on any atom is -0.367 e. The molecule has 70 valence electrons. The highest BCUT2D eigenvalue weighted by atomic mass is 16.2. The second-order valence-corrected chi connectivity index (χ2v) is 3.48. The summed E-state index contributed by atoms with van der Waals surface area (Å²) in [5.41, 5.74) is 1.08. The van der Waals surface area contributed by atoms with E-state index in [1.54, 1.807) is 0 Å². The Labute approximate surface area is 77.7 Å². The van der Waals surface area contributed by atoms with Gasteiger partial charge >= 0.3 is 0 Å². The first-order valence-electron chi connectivity index (χ1n) is 4.76. The van der Waals surface area contributed by atoms with Gasteiger partial charge in [-0.05, 0) is 24.5 Å². The molecule has 1 aromatic heterocycles. The lowest BCUT2D eigenvalue weighted by Crippen LogP contribution is -2.28. The Balaban J connectivity index is 1.91. The standard InChI is InChI=1S/C10H14N2O/c13-10(12-5-1-2-6-12)7-9-3-4-11-8-9/h3-4,8,11H,1-2,5-7H2. The van der Waals surface area contributed by atoms with Crippen molar-refractivity contribution in [2.24, 2.45) is 0 Å². The van der Waals surface area contributed by atoms with Crippen LogP contribution in [0.5, 0.6) is 0 Å². The van der Waals surface area contributed by atoms with Crippen molar-refractivity contribution in [3.8, 4) is 0 Å². The van der Waals surface area contributed by atoms with E-state index in [1.165, 1.54) is 12.8 Å². The molecule has 1 N–H and O–H groups in total. The molecule has 3 nitrogen and oxygen atoms in total. The number of rotatable bonds is 2. The summed E-state index contributed by atoms with van der Waals surface area (Å²) < 4.78 is 0. The van der Waals surface area contributed by atoms with E-state index in [9.17, 15) is 4.79 Å². The summed E-state index contributed by atoms with van der Waals surface area (Å²) in [4.78, 5) is 16.5. The molecule has 2 rings (SSSR count). The summed E-state index contributed by atoms with van der Waals surface area (Å²) in [6.07, 6.45) is 6.61. The highest BCUT2D eigenvalue weighted by molar-refractivity contribution is 5.78. The van der Waals surface area contributed by atoms with Gasteiger partial charge in [-0.15, -0.1) is 0 Å². The Bertz CT molecular complexity index is 273. The van der Waals surface area contributed by atoms with Crippen molar-refractivity contribution in [3.63, 3.8) is 0 Å². The molecule has 1 amide bonds. The third kappa shape index (κ3) is 1.91. The van der Waals surface area contributed by atoms with E-state index in [0.29, 0.717) is 6.42 Å². The first-order chi connectivity index (χ1) is 6.36. The molecule has 1 saturated heterocycles. The molecule has 0 saturated carbocycles. The number of carbonyl (C=O) groups is 1. The van der Waals surface area contributed by atoms with Gasteiger partial charge in [0.1, 0.15) is 0 Å². The number of hydrogen-bond acceptors (Lipinski definition) is 1. The monoisotopic (exact) mass is 178 g/mol. The summed E-state index contributed by atoms with van der Waals surface area (Å²) in [7, 11) is 0. The lowest BCUT2D eigenvalue weighted by molar-refractivity contribution is -0.129. The fraction of sp³-hybridized carbons (Fsp3) is 0.500. The number of amides is 1. The third-order valence-electron chi connectivity index (χ3n) is 2.48. The molecular formula is C10H14N2O. The van der Waals surface area contributed by atoms with Crippen LogP contribution < -0.4 is 0 Å². The van der Waals surface area contributed by atoms with Gasteiger partial charge in [-0.2, -0.15) is 0 Å². The van der Waals surface area contributed by atoms with Crippen molar-refractivity contribution < 1.29 is 4.79 Å². The van der Waals surface area contributed by atoms with Crippen molar-refractivity contribution >= 4 is 5.91 Å². The van der Waals surface area contributed by atoms with Crippen LogP contribution in [0.15, 0.2) is 18.5 Å². The zero-order chi connectivity index (χ0) is 9.10. The van der Waals surface area contributed by atoms with E-state index >= 15 is 0 Å². The van der Waals surface area contributed by atoms with Crippen LogP contribution in [0.3, 0.4) is 0 Å². The van der Waals surface area contributed by atoms with E-state index in [1.807, 2.05) is 23.4 Å². The number of hydrogen-bond donors (Lipinski definition) is 1. The van der Waals surface area contributed by atoms with Crippen molar-refractivity contribution in [1.82, 2.24) is 9.88 Å². The van der Waals surface area contributed by atoms with Crippen molar-refractivity contribution in [1.29, 1.82) is 0 Å². The highest BCUT2D eigenvalue weighted by Crippen LogP contribution is 2.10. The Hall–Kier alpha value is -1.25. The van der Waals surface area contributed by atoms with Crippen LogP contribution in [0.2, 0.25) is 0 Å². The molecule has 2 heterocycles. The predicted octanol–water partition coefficient (Wildman–Crippen LogP) is 1.18. The molecule has 0 bridgehead atoms. The van der Waals surface area contributed by atoms with Crippen molar-refractivity contribution in [2.45, 2.75) is 19.3 Å². The van der Waals surface area contributed by atoms with Gasteiger partial charge < -0.3 is 9.88 Å². The molecule has 0 radical (unpaired) electrons. The number of H-pyrrole nitrogens is 1. The van der Waals surface area contributed by atoms with Gasteiger partial charge in [-0.25, -0.2) is 0 Å². The van der Waals surface area contributed by atoms with Gasteiger partial charge in [0.05, 0.1) is 6.42 Å². The zero-order valence-corrected chi connectivity index (χ0v) is 7.62. The number of likely N-dealkylation sites (tertiary alicyclic amines) is 1. The molecule has 13 heavy (non-hydrogen) atoms. The highest BCUT2D eigenvalue weighted by Gasteiger charge is 2.17. The van der Waals surface area contributed by atoms with Crippen molar-refractivity contribution in [3.05, 3.63) is 24.0 Å². The lowest BCUT2D eigenvalue weighted by Gasteiger charge is -2.14. The Kier molecular flexibility index (Phi) is 2.34. The maximum absolute atomic E-state index is 11.6. The minimum atomic E-state index is 0.261. The maximum atomic E-state index is 11.6. The molecule has 1 fully saturated rings. The van der Waals surface area contributed by atoms with Crippen LogP contribution in [0.4, 0.5) is 0 Å². The maximum Gasteiger partial charge on any atom is 0.227 e. The molecule has 0 aliphatic carbocycles. The van der Waals surface area contributed by atoms with Gasteiger partial charge in [-0.1, -0.05) is 0 Å². The van der Waals surface area contributed by atoms with E-state index in [2.05, 4.69) is 4.98 Å². The summed E-state index contributed by atoms with van der Waals surface area (Å²) in [5.74, 6) is 0.261. The average molecular weight is 178 g/mol. The first-order valence-corrected chi connectivity index (χ1v) is 4.76. The minimum absolute atomic E-state index is 0.261. The van der Waals surface area contributed by atoms with Gasteiger partial charge in [-0.3, -0.25) is 4.79 Å². The number of nitrogens with one attached hydrogen (secondary N) is 1. The second kappa shape index (κ2) is 3.64. The molecule has 0 aromatic carbocycles. The topological polar surface area (TPSA) is 36.1 Å². The molecular weight excluding hydrogens is 164 g/mol. The fourth-order valence-corrected chi connectivity index (χ4v) is 1.72. The smallest absolute Gasteiger partial charge is 0.227 e. The number of aromatic nitrogens is 1. The van der Waals surface area contributed by atoms with Crippen LogP contribution >= 0.6 is 0 Å². The van der Waals surface area contributed by atoms with E-state index in [0.717, 1.165) is 18.7 Å². The van der Waals surface area contributed by atoms with Gasteiger partial charge in [0.25, 0.3) is 0 Å². The van der Waals surface area contributed by atoms with E-state index in [-0.39, 0.29) is 5.91 Å². The molecule has 0 spiro atoms. The summed E-state index contributed by atoms with van der Waals surface area (Å²) in [6.45, 7) is 1.90. The van der Waals surface area contributed by atoms with Gasteiger partial charge in [0.15, 0.2) is 0 Å². The summed E-state index contributed by atoms with van der Waals surface area (Å²) >= 11 is 0. The van der Waals surface area contributed by atoms with Gasteiger partial charge in [0, 0.05) is 25.5 Å². The number of aromatic amines is 1. The Morgan fingerprint density at radius 2 is 2.23 bits per heavy atom. The Morgan fingerprint density at radius 1 is 1.46 bits per heavy atom. The third-order valence-corrected chi connectivity index (χ3v) is 2.48. The summed E-state index contributed by atoms with van der Waals surface area (Å²) in [5, 5.41) is 0. The van der Waals surface area contributed by atoms with Crippen LogP contribution in [-0.4, -0.2) is 28.9 Å². The van der Waals surface area contributed by atoms with E-state index in [4.69, 9.17) is 0 Å². The van der Waals surface area contributed by atoms with Crippen LogP contribution in [0.25, 0.3) is 0 Å². The molecule has 1 aliphatic heterocycles. The fourth-order valence-electron chi connectivity index (χ4n) is 1.72. The zero-order valence-electron chi connectivity index (χ0n) is 7.62. The second-order valence-electron chi connectivity index (χ2n) is 3.48. The van der Waals surface area contributed by atoms with Crippen molar-refractivity contribution in [2.75, 3.05) is 13.1 Å². The molecule has 0 unspecified atom stereocenters. The van der Waals surface area contributed by atoms with Crippen LogP contribution in [-0.2, 0) is 11.2 Å². The Morgan fingerprint density at radius 3 is 2.85 bits per heavy atom. The van der Waals surface area contributed by atoms with Crippen LogP contribution in [0.1, 0.15) is 18.4 Å². The lowest BCUT2D eigenvalue weighted by atomic mass is 10.2. The molecule has 1 aliphatic rings. The number of carbonyl (C=O) groups excluding carboxylic acids is 1. The largest absolute Gasteiger partial charge is 0.367 e.